The molecule has 1 aromatic rings. The van der Waals surface area contributed by atoms with Crippen molar-refractivity contribution >= 4 is 17.9 Å². The van der Waals surface area contributed by atoms with Crippen molar-refractivity contribution in [3.8, 4) is 0 Å². The maximum atomic E-state index is 10.2. The summed E-state index contributed by atoms with van der Waals surface area (Å²) in [5, 5.41) is 2.88. The second-order valence-corrected chi connectivity index (χ2v) is 2.39. The maximum Gasteiger partial charge on any atom is 0.404 e. The topological polar surface area (TPSA) is 116 Å². The third kappa shape index (κ3) is 3.57. The van der Waals surface area contributed by atoms with Crippen molar-refractivity contribution < 1.29 is 9.53 Å². The average Bonchev–Trinajstić information content (AvgIpc) is 2.12. The summed E-state index contributed by atoms with van der Waals surface area (Å²) in [6, 6.07) is 1.65. The molecule has 0 bridgehead atoms. The molecule has 1 aromatic heterocycles. The first-order valence-corrected chi connectivity index (χ1v) is 3.93. The lowest BCUT2D eigenvalue weighted by atomic mass is 10.5. The van der Waals surface area contributed by atoms with Crippen molar-refractivity contribution in [1.82, 2.24) is 9.97 Å². The predicted molar refractivity (Wildman–Crippen MR) is 50.5 cm³/mol. The monoisotopic (exact) mass is 197 g/mol. The highest BCUT2D eigenvalue weighted by molar-refractivity contribution is 5.64. The third-order valence-corrected chi connectivity index (χ3v) is 1.33. The SMILES string of the molecule is NC(=O)OCCNc1ccnc(N)n1. The van der Waals surface area contributed by atoms with Crippen LogP contribution >= 0.6 is 0 Å². The number of nitrogens with two attached hydrogens (primary N) is 2. The standard InChI is InChI=1S/C7H11N5O2/c8-6-11-2-1-5(12-6)10-3-4-14-7(9)13/h1-2H,3-4H2,(H2,9,13)(H3,8,10,11,12). The zero-order valence-electron chi connectivity index (χ0n) is 7.43. The van der Waals surface area contributed by atoms with Crippen LogP contribution in [0.1, 0.15) is 0 Å². The molecule has 7 nitrogen and oxygen atoms in total. The molecule has 0 saturated heterocycles. The number of amides is 1. The van der Waals surface area contributed by atoms with E-state index in [0.717, 1.165) is 0 Å². The van der Waals surface area contributed by atoms with Gasteiger partial charge in [0.15, 0.2) is 0 Å². The zero-order chi connectivity index (χ0) is 10.4. The van der Waals surface area contributed by atoms with Crippen molar-refractivity contribution in [3.05, 3.63) is 12.3 Å². The van der Waals surface area contributed by atoms with Gasteiger partial charge in [-0.05, 0) is 6.07 Å². The number of rotatable bonds is 4. The number of carbonyl (C=O) groups is 1. The normalized spacial score (nSPS) is 9.43. The highest BCUT2D eigenvalue weighted by Gasteiger charge is 1.96. The third-order valence-electron chi connectivity index (χ3n) is 1.33. The van der Waals surface area contributed by atoms with Crippen LogP contribution in [0.3, 0.4) is 0 Å². The molecule has 14 heavy (non-hydrogen) atoms. The van der Waals surface area contributed by atoms with Gasteiger partial charge >= 0.3 is 6.09 Å². The highest BCUT2D eigenvalue weighted by atomic mass is 16.5. The van der Waals surface area contributed by atoms with E-state index in [2.05, 4.69) is 20.0 Å². The Kier molecular flexibility index (Phi) is 3.48. The fraction of sp³-hybridized carbons (Fsp3) is 0.286. The molecule has 0 aliphatic carbocycles. The van der Waals surface area contributed by atoms with Crippen LogP contribution in [0.25, 0.3) is 0 Å². The summed E-state index contributed by atoms with van der Waals surface area (Å²) >= 11 is 0. The number of hydrogen-bond acceptors (Lipinski definition) is 6. The van der Waals surface area contributed by atoms with Gasteiger partial charge in [-0.25, -0.2) is 9.78 Å². The minimum absolute atomic E-state index is 0.180. The molecule has 5 N–H and O–H groups in total. The summed E-state index contributed by atoms with van der Waals surface area (Å²) in [7, 11) is 0. The summed E-state index contributed by atoms with van der Waals surface area (Å²) in [5.74, 6) is 0.761. The van der Waals surface area contributed by atoms with E-state index < -0.39 is 6.09 Å². The lowest BCUT2D eigenvalue weighted by Gasteiger charge is -2.04. The molecule has 0 fully saturated rings. The van der Waals surface area contributed by atoms with Gasteiger partial charge in [0.2, 0.25) is 5.95 Å². The Labute approximate surface area is 80.5 Å². The number of carbonyl (C=O) groups excluding carboxylic acids is 1. The highest BCUT2D eigenvalue weighted by Crippen LogP contribution is 2.01. The number of anilines is 2. The Hall–Kier alpha value is -2.05. The lowest BCUT2D eigenvalue weighted by molar-refractivity contribution is 0.161. The van der Waals surface area contributed by atoms with Crippen molar-refractivity contribution in [2.45, 2.75) is 0 Å². The first-order valence-electron chi connectivity index (χ1n) is 3.93. The summed E-state index contributed by atoms with van der Waals surface area (Å²) in [5.41, 5.74) is 10.1. The van der Waals surface area contributed by atoms with E-state index in [1.54, 1.807) is 6.07 Å². The molecular formula is C7H11N5O2. The van der Waals surface area contributed by atoms with Gasteiger partial charge in [0.25, 0.3) is 0 Å². The van der Waals surface area contributed by atoms with E-state index in [1.165, 1.54) is 6.20 Å². The molecule has 0 aliphatic rings. The molecule has 0 aromatic carbocycles. The van der Waals surface area contributed by atoms with Crippen LogP contribution < -0.4 is 16.8 Å². The minimum Gasteiger partial charge on any atom is -0.448 e. The van der Waals surface area contributed by atoms with Gasteiger partial charge in [-0.1, -0.05) is 0 Å². The number of nitrogen functional groups attached to an aromatic ring is 1. The first kappa shape index (κ1) is 10.0. The predicted octanol–water partition coefficient (Wildman–Crippen LogP) is -0.434. The molecule has 0 spiro atoms. The molecule has 1 amide bonds. The Balaban J connectivity index is 2.28. The van der Waals surface area contributed by atoms with E-state index in [9.17, 15) is 4.79 Å². The second-order valence-electron chi connectivity index (χ2n) is 2.39. The summed E-state index contributed by atoms with van der Waals surface area (Å²) in [6.07, 6.45) is 0.730. The zero-order valence-corrected chi connectivity index (χ0v) is 7.43. The molecule has 7 heteroatoms. The lowest BCUT2D eigenvalue weighted by Crippen LogP contribution is -2.18. The number of ether oxygens (including phenoxy) is 1. The van der Waals surface area contributed by atoms with Crippen LogP contribution in [0.4, 0.5) is 16.6 Å². The van der Waals surface area contributed by atoms with Gasteiger partial charge in [0.1, 0.15) is 12.4 Å². The van der Waals surface area contributed by atoms with Gasteiger partial charge in [0, 0.05) is 6.20 Å². The van der Waals surface area contributed by atoms with Crippen molar-refractivity contribution in [2.75, 3.05) is 24.2 Å². The fourth-order valence-corrected chi connectivity index (χ4v) is 0.803. The first-order chi connectivity index (χ1) is 6.68. The number of nitrogens with zero attached hydrogens (tertiary/aromatic N) is 2. The summed E-state index contributed by atoms with van der Waals surface area (Å²) in [6.45, 7) is 0.596. The largest absolute Gasteiger partial charge is 0.448 e. The summed E-state index contributed by atoms with van der Waals surface area (Å²) < 4.78 is 4.50. The molecular weight excluding hydrogens is 186 g/mol. The van der Waals surface area contributed by atoms with Gasteiger partial charge in [-0.2, -0.15) is 4.98 Å². The van der Waals surface area contributed by atoms with E-state index in [1.807, 2.05) is 0 Å². The van der Waals surface area contributed by atoms with Crippen LogP contribution in [0.5, 0.6) is 0 Å². The minimum atomic E-state index is -0.797. The molecule has 0 radical (unpaired) electrons. The van der Waals surface area contributed by atoms with Crippen LogP contribution in [0.15, 0.2) is 12.3 Å². The van der Waals surface area contributed by atoms with E-state index in [-0.39, 0.29) is 12.6 Å². The van der Waals surface area contributed by atoms with Gasteiger partial charge in [-0.15, -0.1) is 0 Å². The van der Waals surface area contributed by atoms with E-state index in [0.29, 0.717) is 12.4 Å². The Bertz CT molecular complexity index is 317. The Morgan fingerprint density at radius 1 is 1.64 bits per heavy atom. The van der Waals surface area contributed by atoms with Crippen LogP contribution in [0, 0.1) is 0 Å². The average molecular weight is 197 g/mol. The summed E-state index contributed by atoms with van der Waals surface area (Å²) in [4.78, 5) is 17.8. The van der Waals surface area contributed by atoms with E-state index >= 15 is 0 Å². The number of primary amides is 1. The molecule has 76 valence electrons. The number of nitrogens with one attached hydrogen (secondary N) is 1. The molecule has 0 saturated carbocycles. The Morgan fingerprint density at radius 3 is 3.07 bits per heavy atom. The van der Waals surface area contributed by atoms with Crippen LogP contribution in [-0.4, -0.2) is 29.2 Å². The molecule has 0 atom stereocenters. The smallest absolute Gasteiger partial charge is 0.404 e. The molecule has 1 rings (SSSR count). The second kappa shape index (κ2) is 4.85. The maximum absolute atomic E-state index is 10.2. The number of aromatic nitrogens is 2. The van der Waals surface area contributed by atoms with Crippen LogP contribution in [-0.2, 0) is 4.74 Å². The van der Waals surface area contributed by atoms with Gasteiger partial charge < -0.3 is 21.5 Å². The Morgan fingerprint density at radius 2 is 2.43 bits per heavy atom. The molecule has 1 heterocycles. The van der Waals surface area contributed by atoms with Crippen molar-refractivity contribution in [2.24, 2.45) is 5.73 Å². The van der Waals surface area contributed by atoms with Crippen LogP contribution in [0.2, 0.25) is 0 Å². The fourth-order valence-electron chi connectivity index (χ4n) is 0.803. The van der Waals surface area contributed by atoms with Crippen molar-refractivity contribution in [1.29, 1.82) is 0 Å². The van der Waals surface area contributed by atoms with Crippen molar-refractivity contribution in [3.63, 3.8) is 0 Å². The molecule has 0 unspecified atom stereocenters. The quantitative estimate of drug-likeness (QED) is 0.564. The number of hydrogen-bond donors (Lipinski definition) is 3. The van der Waals surface area contributed by atoms with Gasteiger partial charge in [-0.3, -0.25) is 0 Å². The van der Waals surface area contributed by atoms with Gasteiger partial charge in [0.05, 0.1) is 6.54 Å². The van der Waals surface area contributed by atoms with E-state index in [4.69, 9.17) is 11.5 Å². The molecule has 0 aliphatic heterocycles.